The van der Waals surface area contributed by atoms with Gasteiger partial charge in [-0.3, -0.25) is 9.78 Å². The van der Waals surface area contributed by atoms with Gasteiger partial charge in [0.05, 0.1) is 14.2 Å². The van der Waals surface area contributed by atoms with Crippen LogP contribution in [-0.4, -0.2) is 25.0 Å². The van der Waals surface area contributed by atoms with Crippen LogP contribution in [-0.2, 0) is 6.42 Å². The van der Waals surface area contributed by atoms with E-state index in [1.54, 1.807) is 50.9 Å². The third kappa shape index (κ3) is 3.73. The zero-order chi connectivity index (χ0) is 15.9. The monoisotopic (exact) mass is 297 g/mol. The van der Waals surface area contributed by atoms with E-state index in [0.717, 1.165) is 17.5 Å². The van der Waals surface area contributed by atoms with Crippen LogP contribution in [0.2, 0.25) is 0 Å². The van der Waals surface area contributed by atoms with Crippen LogP contribution in [0.3, 0.4) is 0 Å². The minimum atomic E-state index is -0.0407. The first kappa shape index (κ1) is 15.8. The van der Waals surface area contributed by atoms with Gasteiger partial charge in [0.1, 0.15) is 11.5 Å². The molecule has 0 bridgehead atoms. The molecule has 1 aromatic heterocycles. The highest BCUT2D eigenvalue weighted by atomic mass is 16.5. The summed E-state index contributed by atoms with van der Waals surface area (Å²) in [4.78, 5) is 16.4. The molecule has 4 heteroatoms. The fraction of sp³-hybridized carbons (Fsp3) is 0.222. The van der Waals surface area contributed by atoms with E-state index in [4.69, 9.17) is 9.47 Å². The average Bonchev–Trinajstić information content (AvgIpc) is 2.59. The summed E-state index contributed by atoms with van der Waals surface area (Å²) in [5.41, 5.74) is 2.47. The van der Waals surface area contributed by atoms with Gasteiger partial charge in [0.15, 0.2) is 5.78 Å². The molecular formula is C18H19NO3. The smallest absolute Gasteiger partial charge is 0.186 e. The van der Waals surface area contributed by atoms with Crippen molar-refractivity contribution < 1.29 is 14.3 Å². The van der Waals surface area contributed by atoms with Crippen molar-refractivity contribution in [1.82, 2.24) is 4.98 Å². The fourth-order valence-corrected chi connectivity index (χ4v) is 2.14. The van der Waals surface area contributed by atoms with Crippen LogP contribution in [0.5, 0.6) is 11.5 Å². The largest absolute Gasteiger partial charge is 0.497 e. The van der Waals surface area contributed by atoms with E-state index in [2.05, 4.69) is 4.98 Å². The van der Waals surface area contributed by atoms with Crippen LogP contribution in [0.25, 0.3) is 6.08 Å². The Kier molecular flexibility index (Phi) is 5.31. The zero-order valence-corrected chi connectivity index (χ0v) is 13.0. The number of benzene rings is 1. The number of ether oxygens (including phenoxy) is 2. The number of carbonyl (C=O) groups excluding carboxylic acids is 1. The van der Waals surface area contributed by atoms with Gasteiger partial charge in [0.25, 0.3) is 0 Å². The lowest BCUT2D eigenvalue weighted by Gasteiger charge is -2.06. The van der Waals surface area contributed by atoms with Crippen molar-refractivity contribution >= 4 is 11.9 Å². The number of carbonyl (C=O) groups is 1. The van der Waals surface area contributed by atoms with Crippen molar-refractivity contribution in [2.75, 3.05) is 14.2 Å². The highest BCUT2D eigenvalue weighted by Gasteiger charge is 2.07. The van der Waals surface area contributed by atoms with E-state index in [1.807, 2.05) is 19.1 Å². The number of aromatic nitrogens is 1. The van der Waals surface area contributed by atoms with E-state index >= 15 is 0 Å². The predicted octanol–water partition coefficient (Wildman–Crippen LogP) is 3.56. The summed E-state index contributed by atoms with van der Waals surface area (Å²) < 4.78 is 10.4. The molecule has 0 atom stereocenters. The minimum absolute atomic E-state index is 0.0407. The highest BCUT2D eigenvalue weighted by Crippen LogP contribution is 2.23. The number of ketones is 1. The molecule has 0 unspecified atom stereocenters. The van der Waals surface area contributed by atoms with Crippen molar-refractivity contribution in [3.8, 4) is 11.5 Å². The van der Waals surface area contributed by atoms with E-state index in [0.29, 0.717) is 17.1 Å². The normalized spacial score (nSPS) is 10.7. The maximum atomic E-state index is 12.3. The van der Waals surface area contributed by atoms with Crippen molar-refractivity contribution in [1.29, 1.82) is 0 Å². The molecule has 0 saturated carbocycles. The van der Waals surface area contributed by atoms with Gasteiger partial charge < -0.3 is 9.47 Å². The molecule has 0 spiro atoms. The van der Waals surface area contributed by atoms with Crippen LogP contribution < -0.4 is 9.47 Å². The topological polar surface area (TPSA) is 48.4 Å². The number of allylic oxidation sites excluding steroid dienone is 1. The predicted molar refractivity (Wildman–Crippen MR) is 86.5 cm³/mol. The Morgan fingerprint density at radius 2 is 1.86 bits per heavy atom. The molecule has 0 aliphatic heterocycles. The molecule has 1 heterocycles. The van der Waals surface area contributed by atoms with Crippen LogP contribution in [0, 0.1) is 0 Å². The molecule has 0 fully saturated rings. The number of methoxy groups -OCH3 is 2. The maximum absolute atomic E-state index is 12.3. The Labute approximate surface area is 130 Å². The lowest BCUT2D eigenvalue weighted by atomic mass is 10.0. The second kappa shape index (κ2) is 7.41. The van der Waals surface area contributed by atoms with E-state index < -0.39 is 0 Å². The zero-order valence-electron chi connectivity index (χ0n) is 13.0. The number of rotatable bonds is 6. The minimum Gasteiger partial charge on any atom is -0.497 e. The molecule has 2 rings (SSSR count). The summed E-state index contributed by atoms with van der Waals surface area (Å²) in [7, 11) is 3.19. The van der Waals surface area contributed by atoms with Gasteiger partial charge >= 0.3 is 0 Å². The Morgan fingerprint density at radius 1 is 1.18 bits per heavy atom. The molecular weight excluding hydrogens is 278 g/mol. The second-order valence-corrected chi connectivity index (χ2v) is 4.73. The van der Waals surface area contributed by atoms with Gasteiger partial charge in [0.2, 0.25) is 0 Å². The van der Waals surface area contributed by atoms with Gasteiger partial charge in [-0.05, 0) is 41.8 Å². The van der Waals surface area contributed by atoms with Gasteiger partial charge in [-0.1, -0.05) is 13.0 Å². The van der Waals surface area contributed by atoms with Crippen molar-refractivity contribution in [3.63, 3.8) is 0 Å². The summed E-state index contributed by atoms with van der Waals surface area (Å²) >= 11 is 0. The SMILES string of the molecule is CCc1cnccc1C(=O)C=Cc1cc(OC)cc(OC)c1. The number of hydrogen-bond donors (Lipinski definition) is 0. The molecule has 2 aromatic rings. The number of nitrogens with zero attached hydrogens (tertiary/aromatic N) is 1. The molecule has 0 amide bonds. The molecule has 0 radical (unpaired) electrons. The highest BCUT2D eigenvalue weighted by molar-refractivity contribution is 6.07. The summed E-state index contributed by atoms with van der Waals surface area (Å²) in [5, 5.41) is 0. The standard InChI is InChI=1S/C18H19NO3/c1-4-14-12-19-8-7-17(14)18(20)6-5-13-9-15(21-2)11-16(10-13)22-3/h5-12H,4H2,1-3H3. The molecule has 0 aliphatic carbocycles. The van der Waals surface area contributed by atoms with Gasteiger partial charge in [-0.25, -0.2) is 0 Å². The van der Waals surface area contributed by atoms with Crippen LogP contribution >= 0.6 is 0 Å². The molecule has 0 aliphatic rings. The van der Waals surface area contributed by atoms with Crippen LogP contribution in [0.1, 0.15) is 28.4 Å². The maximum Gasteiger partial charge on any atom is 0.186 e. The molecule has 1 aromatic carbocycles. The molecule has 0 saturated heterocycles. The van der Waals surface area contributed by atoms with E-state index in [9.17, 15) is 4.79 Å². The third-order valence-corrected chi connectivity index (χ3v) is 3.35. The van der Waals surface area contributed by atoms with Crippen molar-refractivity contribution in [3.05, 3.63) is 59.4 Å². The lowest BCUT2D eigenvalue weighted by Crippen LogP contribution is -2.00. The molecule has 4 nitrogen and oxygen atoms in total. The summed E-state index contributed by atoms with van der Waals surface area (Å²) in [6, 6.07) is 7.23. The molecule has 0 N–H and O–H groups in total. The van der Waals surface area contributed by atoms with Crippen LogP contribution in [0.15, 0.2) is 42.7 Å². The summed E-state index contributed by atoms with van der Waals surface area (Å²) in [6.07, 6.45) is 7.45. The molecule has 114 valence electrons. The Balaban J connectivity index is 2.26. The second-order valence-electron chi connectivity index (χ2n) is 4.73. The van der Waals surface area contributed by atoms with Crippen molar-refractivity contribution in [2.24, 2.45) is 0 Å². The first-order valence-electron chi connectivity index (χ1n) is 7.06. The molecule has 22 heavy (non-hydrogen) atoms. The van der Waals surface area contributed by atoms with Gasteiger partial charge in [0, 0.05) is 24.0 Å². The quantitative estimate of drug-likeness (QED) is 0.604. The Bertz CT molecular complexity index is 670. The van der Waals surface area contributed by atoms with Gasteiger partial charge in [-0.2, -0.15) is 0 Å². The summed E-state index contributed by atoms with van der Waals surface area (Å²) in [6.45, 7) is 2.00. The first-order chi connectivity index (χ1) is 10.7. The van der Waals surface area contributed by atoms with E-state index in [-0.39, 0.29) is 5.78 Å². The van der Waals surface area contributed by atoms with Gasteiger partial charge in [-0.15, -0.1) is 0 Å². The fourth-order valence-electron chi connectivity index (χ4n) is 2.14. The Morgan fingerprint density at radius 3 is 2.45 bits per heavy atom. The number of aryl methyl sites for hydroxylation is 1. The van der Waals surface area contributed by atoms with Crippen LogP contribution in [0.4, 0.5) is 0 Å². The van der Waals surface area contributed by atoms with E-state index in [1.165, 1.54) is 0 Å². The third-order valence-electron chi connectivity index (χ3n) is 3.35. The number of pyridine rings is 1. The number of hydrogen-bond acceptors (Lipinski definition) is 4. The Hall–Kier alpha value is -2.62. The van der Waals surface area contributed by atoms with Crippen molar-refractivity contribution in [2.45, 2.75) is 13.3 Å². The average molecular weight is 297 g/mol. The summed E-state index contributed by atoms with van der Waals surface area (Å²) in [5.74, 6) is 1.33. The lowest BCUT2D eigenvalue weighted by molar-refractivity contribution is 0.104. The first-order valence-corrected chi connectivity index (χ1v) is 7.06.